The van der Waals surface area contributed by atoms with Gasteiger partial charge in [0.1, 0.15) is 5.82 Å². The standard InChI is InChI=1S/C17H21N3O3/c1-22-15-6-12-13(7-16(15)23-2)20-17(8-18-12)19-11-4-10-3-9(11)5-14(10)21/h6-11,14,21H,3-5H2,1-2H3,(H,19,20)/t9-,10-,11+,14+/m0/s1. The number of hydrogen-bond donors (Lipinski definition) is 2. The van der Waals surface area contributed by atoms with Gasteiger partial charge in [0.15, 0.2) is 11.5 Å². The second-order valence-electron chi connectivity index (χ2n) is 6.50. The molecule has 23 heavy (non-hydrogen) atoms. The van der Waals surface area contributed by atoms with Crippen LogP contribution in [-0.4, -0.2) is 41.4 Å². The molecular weight excluding hydrogens is 294 g/mol. The lowest BCUT2D eigenvalue weighted by Gasteiger charge is -2.26. The van der Waals surface area contributed by atoms with E-state index < -0.39 is 0 Å². The molecule has 4 rings (SSSR count). The van der Waals surface area contributed by atoms with Crippen LogP contribution in [0.15, 0.2) is 18.3 Å². The van der Waals surface area contributed by atoms with Gasteiger partial charge in [-0.05, 0) is 31.1 Å². The lowest BCUT2D eigenvalue weighted by Crippen LogP contribution is -2.31. The maximum absolute atomic E-state index is 9.87. The van der Waals surface area contributed by atoms with Gasteiger partial charge in [0.05, 0.1) is 37.6 Å². The number of fused-ring (bicyclic) bond motifs is 3. The highest BCUT2D eigenvalue weighted by Gasteiger charge is 2.45. The average molecular weight is 315 g/mol. The van der Waals surface area contributed by atoms with E-state index in [9.17, 15) is 5.11 Å². The predicted molar refractivity (Wildman–Crippen MR) is 86.9 cm³/mol. The molecule has 0 unspecified atom stereocenters. The molecule has 2 aromatic rings. The molecule has 4 atom stereocenters. The quantitative estimate of drug-likeness (QED) is 0.901. The van der Waals surface area contributed by atoms with Crippen molar-refractivity contribution in [3.63, 3.8) is 0 Å². The molecule has 1 aromatic heterocycles. The number of ether oxygens (including phenoxy) is 2. The predicted octanol–water partition coefficient (Wildman–Crippen LogP) is 2.22. The summed E-state index contributed by atoms with van der Waals surface area (Å²) in [6.07, 6.45) is 4.67. The fourth-order valence-electron chi connectivity index (χ4n) is 4.02. The summed E-state index contributed by atoms with van der Waals surface area (Å²) in [5, 5.41) is 13.4. The Morgan fingerprint density at radius 2 is 1.78 bits per heavy atom. The monoisotopic (exact) mass is 315 g/mol. The van der Waals surface area contributed by atoms with Gasteiger partial charge >= 0.3 is 0 Å². The summed E-state index contributed by atoms with van der Waals surface area (Å²) in [6.45, 7) is 0. The maximum atomic E-state index is 9.87. The summed E-state index contributed by atoms with van der Waals surface area (Å²) >= 11 is 0. The van der Waals surface area contributed by atoms with Crippen molar-refractivity contribution in [2.24, 2.45) is 11.8 Å². The molecule has 1 aromatic carbocycles. The van der Waals surface area contributed by atoms with Crippen LogP contribution in [-0.2, 0) is 0 Å². The van der Waals surface area contributed by atoms with Crippen LogP contribution in [0.3, 0.4) is 0 Å². The molecule has 0 aliphatic heterocycles. The Morgan fingerprint density at radius 1 is 1.04 bits per heavy atom. The SMILES string of the molecule is COc1cc2ncc(N[C@@H]3C[C@@H]4C[C@H]3C[C@H]4O)nc2cc1OC. The molecule has 122 valence electrons. The molecule has 2 bridgehead atoms. The normalized spacial score (nSPS) is 29.0. The van der Waals surface area contributed by atoms with Crippen LogP contribution in [0.1, 0.15) is 19.3 Å². The number of aromatic nitrogens is 2. The highest BCUT2D eigenvalue weighted by molar-refractivity contribution is 5.80. The number of methoxy groups -OCH3 is 2. The van der Waals surface area contributed by atoms with Gasteiger partial charge in [0.2, 0.25) is 0 Å². The zero-order chi connectivity index (χ0) is 16.0. The van der Waals surface area contributed by atoms with Crippen molar-refractivity contribution < 1.29 is 14.6 Å². The van der Waals surface area contributed by atoms with Gasteiger partial charge in [-0.25, -0.2) is 4.98 Å². The van der Waals surface area contributed by atoms with Crippen molar-refractivity contribution in [1.29, 1.82) is 0 Å². The van der Waals surface area contributed by atoms with Gasteiger partial charge in [0.25, 0.3) is 0 Å². The Morgan fingerprint density at radius 3 is 2.39 bits per heavy atom. The Labute approximate surface area is 134 Å². The maximum Gasteiger partial charge on any atom is 0.163 e. The van der Waals surface area contributed by atoms with Gasteiger partial charge in [-0.2, -0.15) is 0 Å². The Kier molecular flexibility index (Phi) is 3.49. The number of rotatable bonds is 4. The van der Waals surface area contributed by atoms with E-state index in [0.717, 1.165) is 36.1 Å². The van der Waals surface area contributed by atoms with Crippen molar-refractivity contribution in [3.8, 4) is 11.5 Å². The number of benzene rings is 1. The topological polar surface area (TPSA) is 76.5 Å². The molecule has 2 N–H and O–H groups in total. The summed E-state index contributed by atoms with van der Waals surface area (Å²) in [7, 11) is 3.22. The van der Waals surface area contributed by atoms with Gasteiger partial charge < -0.3 is 19.9 Å². The first-order valence-electron chi connectivity index (χ1n) is 8.01. The zero-order valence-corrected chi connectivity index (χ0v) is 13.3. The third-order valence-corrected chi connectivity index (χ3v) is 5.20. The first-order chi connectivity index (χ1) is 11.2. The van der Waals surface area contributed by atoms with Crippen LogP contribution >= 0.6 is 0 Å². The summed E-state index contributed by atoms with van der Waals surface area (Å²) in [4.78, 5) is 9.13. The molecule has 0 spiro atoms. The Bertz CT molecular complexity index is 734. The number of nitrogens with zero attached hydrogens (tertiary/aromatic N) is 2. The van der Waals surface area contributed by atoms with E-state index in [1.165, 1.54) is 0 Å². The van der Waals surface area contributed by atoms with E-state index in [4.69, 9.17) is 9.47 Å². The van der Waals surface area contributed by atoms with Crippen molar-refractivity contribution >= 4 is 16.9 Å². The molecule has 6 nitrogen and oxygen atoms in total. The molecule has 2 saturated carbocycles. The molecular formula is C17H21N3O3. The lowest BCUT2D eigenvalue weighted by atomic mass is 9.93. The lowest BCUT2D eigenvalue weighted by molar-refractivity contribution is 0.110. The van der Waals surface area contributed by atoms with Crippen LogP contribution in [0.25, 0.3) is 11.0 Å². The van der Waals surface area contributed by atoms with Gasteiger partial charge in [-0.3, -0.25) is 4.98 Å². The largest absolute Gasteiger partial charge is 0.493 e. The summed E-state index contributed by atoms with van der Waals surface area (Å²) in [6, 6.07) is 4.06. The molecule has 1 heterocycles. The fourth-order valence-corrected chi connectivity index (χ4v) is 4.02. The fraction of sp³-hybridized carbons (Fsp3) is 0.529. The van der Waals surface area contributed by atoms with Crippen LogP contribution in [0, 0.1) is 11.8 Å². The van der Waals surface area contributed by atoms with Gasteiger partial charge in [-0.15, -0.1) is 0 Å². The molecule has 2 aliphatic carbocycles. The molecule has 0 saturated heterocycles. The summed E-state index contributed by atoms with van der Waals surface area (Å²) < 4.78 is 10.6. The highest BCUT2D eigenvalue weighted by atomic mass is 16.5. The number of aliphatic hydroxyl groups excluding tert-OH is 1. The van der Waals surface area contributed by atoms with E-state index in [-0.39, 0.29) is 6.10 Å². The van der Waals surface area contributed by atoms with Crippen LogP contribution in [0.5, 0.6) is 11.5 Å². The van der Waals surface area contributed by atoms with Crippen LogP contribution in [0.4, 0.5) is 5.82 Å². The third-order valence-electron chi connectivity index (χ3n) is 5.20. The smallest absolute Gasteiger partial charge is 0.163 e. The van der Waals surface area contributed by atoms with Crippen LogP contribution in [0.2, 0.25) is 0 Å². The number of anilines is 1. The summed E-state index contributed by atoms with van der Waals surface area (Å²) in [5.74, 6) is 3.05. The Hall–Kier alpha value is -2.08. The molecule has 0 radical (unpaired) electrons. The average Bonchev–Trinajstić information content (AvgIpc) is 3.12. The second-order valence-corrected chi connectivity index (χ2v) is 6.50. The Balaban J connectivity index is 1.59. The van der Waals surface area contributed by atoms with Crippen molar-refractivity contribution in [2.45, 2.75) is 31.4 Å². The first-order valence-corrected chi connectivity index (χ1v) is 8.01. The first kappa shape index (κ1) is 14.5. The van der Waals surface area contributed by atoms with E-state index in [0.29, 0.717) is 29.4 Å². The zero-order valence-electron chi connectivity index (χ0n) is 13.3. The van der Waals surface area contributed by atoms with Gasteiger partial charge in [-0.1, -0.05) is 0 Å². The minimum Gasteiger partial charge on any atom is -0.493 e. The van der Waals surface area contributed by atoms with E-state index in [1.807, 2.05) is 12.1 Å². The van der Waals surface area contributed by atoms with Crippen molar-refractivity contribution in [1.82, 2.24) is 9.97 Å². The second kappa shape index (κ2) is 5.53. The number of nitrogens with one attached hydrogen (secondary N) is 1. The van der Waals surface area contributed by atoms with E-state index >= 15 is 0 Å². The van der Waals surface area contributed by atoms with Gasteiger partial charge in [0, 0.05) is 18.2 Å². The molecule has 0 amide bonds. The van der Waals surface area contributed by atoms with E-state index in [2.05, 4.69) is 15.3 Å². The molecule has 2 fully saturated rings. The third kappa shape index (κ3) is 2.47. The van der Waals surface area contributed by atoms with Crippen LogP contribution < -0.4 is 14.8 Å². The van der Waals surface area contributed by atoms with Crippen molar-refractivity contribution in [3.05, 3.63) is 18.3 Å². The summed E-state index contributed by atoms with van der Waals surface area (Å²) in [5.41, 5.74) is 1.55. The molecule has 2 aliphatic rings. The van der Waals surface area contributed by atoms with E-state index in [1.54, 1.807) is 20.4 Å². The number of hydrogen-bond acceptors (Lipinski definition) is 6. The highest BCUT2D eigenvalue weighted by Crippen LogP contribution is 2.45. The number of aliphatic hydroxyl groups is 1. The minimum atomic E-state index is -0.113. The molecule has 6 heteroatoms. The van der Waals surface area contributed by atoms with Crippen molar-refractivity contribution in [2.75, 3.05) is 19.5 Å². The minimum absolute atomic E-state index is 0.113.